The van der Waals surface area contributed by atoms with Crippen molar-refractivity contribution >= 4 is 16.8 Å². The Morgan fingerprint density at radius 3 is 2.96 bits per heavy atom. The predicted octanol–water partition coefficient (Wildman–Crippen LogP) is 1.65. The molecule has 1 aliphatic heterocycles. The number of nitrogens with zero attached hydrogens (tertiary/aromatic N) is 5. The van der Waals surface area contributed by atoms with Crippen LogP contribution in [0.15, 0.2) is 22.7 Å². The summed E-state index contributed by atoms with van der Waals surface area (Å²) in [6, 6.07) is 4.59. The van der Waals surface area contributed by atoms with Crippen molar-refractivity contribution in [2.75, 3.05) is 26.2 Å². The summed E-state index contributed by atoms with van der Waals surface area (Å²) in [4.78, 5) is 17.6. The average molecular weight is 372 g/mol. The van der Waals surface area contributed by atoms with E-state index in [-0.39, 0.29) is 17.6 Å². The molecule has 1 fully saturated rings. The van der Waals surface area contributed by atoms with E-state index in [0.717, 1.165) is 37.1 Å². The number of hydrogen-bond donors (Lipinski definition) is 1. The molecule has 1 aromatic carbocycles. The van der Waals surface area contributed by atoms with E-state index in [1.807, 2.05) is 6.92 Å². The molecule has 2 aromatic heterocycles. The maximum atomic E-state index is 13.7. The molecular formula is C18H21FN6O2. The second kappa shape index (κ2) is 7.07. The van der Waals surface area contributed by atoms with Crippen molar-refractivity contribution in [2.24, 2.45) is 0 Å². The van der Waals surface area contributed by atoms with E-state index in [9.17, 15) is 9.18 Å². The molecule has 0 aliphatic carbocycles. The Kier molecular flexibility index (Phi) is 4.61. The van der Waals surface area contributed by atoms with E-state index in [1.54, 1.807) is 6.07 Å². The molecule has 3 heterocycles. The monoisotopic (exact) mass is 372 g/mol. The van der Waals surface area contributed by atoms with Crippen LogP contribution in [0.1, 0.15) is 31.4 Å². The molecule has 0 atom stereocenters. The Bertz CT molecular complexity index is 976. The molecule has 3 aromatic rings. The van der Waals surface area contributed by atoms with Gasteiger partial charge in [0, 0.05) is 44.6 Å². The fraction of sp³-hybridized carbons (Fsp3) is 0.444. The van der Waals surface area contributed by atoms with Gasteiger partial charge in [0.25, 0.3) is 5.95 Å². The molecule has 1 aliphatic rings. The molecule has 9 heteroatoms. The molecule has 142 valence electrons. The SMILES string of the molecule is CCc1nn(-c2noc(C3CN(CCNC(C)=O)C3)n2)c2cc(F)ccc12. The van der Waals surface area contributed by atoms with Gasteiger partial charge in [0.1, 0.15) is 5.82 Å². The highest BCUT2D eigenvalue weighted by Crippen LogP contribution is 2.27. The summed E-state index contributed by atoms with van der Waals surface area (Å²) < 4.78 is 20.7. The molecule has 0 spiro atoms. The van der Waals surface area contributed by atoms with Gasteiger partial charge in [0.05, 0.1) is 17.1 Å². The molecule has 27 heavy (non-hydrogen) atoms. The molecule has 1 N–H and O–H groups in total. The lowest BCUT2D eigenvalue weighted by Gasteiger charge is -2.36. The average Bonchev–Trinajstić information content (AvgIpc) is 3.20. The summed E-state index contributed by atoms with van der Waals surface area (Å²) >= 11 is 0. The van der Waals surface area contributed by atoms with Gasteiger partial charge in [-0.2, -0.15) is 14.8 Å². The standard InChI is InChI=1S/C18H21FN6O2/c1-3-15-14-5-4-13(19)8-16(14)25(22-15)18-21-17(27-23-18)12-9-24(10-12)7-6-20-11(2)26/h4-5,8,12H,3,6-7,9-10H2,1-2H3,(H,20,26). The Morgan fingerprint density at radius 2 is 2.22 bits per heavy atom. The van der Waals surface area contributed by atoms with E-state index >= 15 is 0 Å². The van der Waals surface area contributed by atoms with Crippen LogP contribution in [-0.2, 0) is 11.2 Å². The lowest BCUT2D eigenvalue weighted by Crippen LogP contribution is -2.48. The quantitative estimate of drug-likeness (QED) is 0.708. The minimum atomic E-state index is -0.330. The molecule has 0 bridgehead atoms. The van der Waals surface area contributed by atoms with Crippen LogP contribution in [0.25, 0.3) is 16.9 Å². The first-order valence-corrected chi connectivity index (χ1v) is 9.03. The number of amides is 1. The van der Waals surface area contributed by atoms with Crippen LogP contribution in [0.2, 0.25) is 0 Å². The summed E-state index contributed by atoms with van der Waals surface area (Å²) in [6.07, 6.45) is 0.728. The molecule has 1 saturated heterocycles. The third kappa shape index (κ3) is 3.42. The van der Waals surface area contributed by atoms with Crippen molar-refractivity contribution in [2.45, 2.75) is 26.2 Å². The molecule has 1 amide bonds. The highest BCUT2D eigenvalue weighted by atomic mass is 19.1. The van der Waals surface area contributed by atoms with Crippen LogP contribution in [0.3, 0.4) is 0 Å². The molecule has 0 saturated carbocycles. The number of carbonyl (C=O) groups excluding carboxylic acids is 1. The first-order valence-electron chi connectivity index (χ1n) is 9.03. The van der Waals surface area contributed by atoms with Crippen LogP contribution < -0.4 is 5.32 Å². The molecule has 4 rings (SSSR count). The van der Waals surface area contributed by atoms with Crippen molar-refractivity contribution in [3.8, 4) is 5.95 Å². The minimum absolute atomic E-state index is 0.0250. The lowest BCUT2D eigenvalue weighted by molar-refractivity contribution is -0.119. The number of hydrogen-bond acceptors (Lipinski definition) is 6. The Hall–Kier alpha value is -2.81. The third-order valence-corrected chi connectivity index (χ3v) is 4.78. The van der Waals surface area contributed by atoms with Crippen molar-refractivity contribution in [3.63, 3.8) is 0 Å². The van der Waals surface area contributed by atoms with Crippen LogP contribution >= 0.6 is 0 Å². The summed E-state index contributed by atoms with van der Waals surface area (Å²) in [5.41, 5.74) is 1.49. The van der Waals surface area contributed by atoms with Crippen LogP contribution in [0.5, 0.6) is 0 Å². The predicted molar refractivity (Wildman–Crippen MR) is 96.1 cm³/mol. The van der Waals surface area contributed by atoms with Crippen LogP contribution in [-0.4, -0.2) is 56.9 Å². The maximum absolute atomic E-state index is 13.7. The lowest BCUT2D eigenvalue weighted by atomic mass is 10.0. The zero-order chi connectivity index (χ0) is 19.0. The second-order valence-electron chi connectivity index (χ2n) is 6.75. The van der Waals surface area contributed by atoms with Gasteiger partial charge in [-0.3, -0.25) is 9.69 Å². The van der Waals surface area contributed by atoms with Crippen molar-refractivity contribution < 1.29 is 13.7 Å². The number of rotatable bonds is 6. The zero-order valence-electron chi connectivity index (χ0n) is 15.3. The second-order valence-corrected chi connectivity index (χ2v) is 6.75. The van der Waals surface area contributed by atoms with Crippen molar-refractivity contribution in [1.29, 1.82) is 0 Å². The highest BCUT2D eigenvalue weighted by Gasteiger charge is 2.32. The van der Waals surface area contributed by atoms with Gasteiger partial charge in [-0.25, -0.2) is 4.39 Å². The molecule has 0 unspecified atom stereocenters. The summed E-state index contributed by atoms with van der Waals surface area (Å²) in [7, 11) is 0. The first kappa shape index (κ1) is 17.6. The smallest absolute Gasteiger partial charge is 0.291 e. The van der Waals surface area contributed by atoms with Crippen molar-refractivity contribution in [1.82, 2.24) is 30.1 Å². The van der Waals surface area contributed by atoms with Gasteiger partial charge in [-0.05, 0) is 23.7 Å². The number of likely N-dealkylation sites (tertiary alicyclic amines) is 1. The fourth-order valence-electron chi connectivity index (χ4n) is 3.34. The number of aryl methyl sites for hydroxylation is 1. The van der Waals surface area contributed by atoms with E-state index in [2.05, 4.69) is 25.5 Å². The first-order chi connectivity index (χ1) is 13.0. The number of aromatic nitrogens is 4. The minimum Gasteiger partial charge on any atom is -0.355 e. The summed E-state index contributed by atoms with van der Waals surface area (Å²) in [6.45, 7) is 6.53. The van der Waals surface area contributed by atoms with Gasteiger partial charge >= 0.3 is 0 Å². The molecule has 0 radical (unpaired) electrons. The van der Waals surface area contributed by atoms with Crippen LogP contribution in [0.4, 0.5) is 4.39 Å². The summed E-state index contributed by atoms with van der Waals surface area (Å²) in [5.74, 6) is 0.676. The number of halogens is 1. The number of carbonyl (C=O) groups is 1. The molecule has 8 nitrogen and oxygen atoms in total. The van der Waals surface area contributed by atoms with Crippen LogP contribution in [0, 0.1) is 5.82 Å². The Balaban J connectivity index is 1.49. The number of nitrogens with one attached hydrogen (secondary N) is 1. The maximum Gasteiger partial charge on any atom is 0.291 e. The third-order valence-electron chi connectivity index (χ3n) is 4.78. The van der Waals surface area contributed by atoms with Gasteiger partial charge in [0.2, 0.25) is 11.8 Å². The Labute approximate surface area is 155 Å². The van der Waals surface area contributed by atoms with Gasteiger partial charge in [0.15, 0.2) is 0 Å². The zero-order valence-corrected chi connectivity index (χ0v) is 15.3. The normalized spacial score (nSPS) is 15.2. The van der Waals surface area contributed by atoms with E-state index in [4.69, 9.17) is 4.52 Å². The molecular weight excluding hydrogens is 351 g/mol. The number of benzene rings is 1. The summed E-state index contributed by atoms with van der Waals surface area (Å²) in [5, 5.41) is 12.2. The fourth-order valence-corrected chi connectivity index (χ4v) is 3.34. The van der Waals surface area contributed by atoms with Gasteiger partial charge in [-0.15, -0.1) is 0 Å². The number of fused-ring (bicyclic) bond motifs is 1. The highest BCUT2D eigenvalue weighted by molar-refractivity contribution is 5.83. The Morgan fingerprint density at radius 1 is 1.41 bits per heavy atom. The van der Waals surface area contributed by atoms with E-state index < -0.39 is 0 Å². The van der Waals surface area contributed by atoms with E-state index in [0.29, 0.717) is 23.9 Å². The van der Waals surface area contributed by atoms with Gasteiger partial charge in [-0.1, -0.05) is 6.92 Å². The van der Waals surface area contributed by atoms with E-state index in [1.165, 1.54) is 23.7 Å². The largest absolute Gasteiger partial charge is 0.355 e. The van der Waals surface area contributed by atoms with Crippen molar-refractivity contribution in [3.05, 3.63) is 35.6 Å². The van der Waals surface area contributed by atoms with Gasteiger partial charge < -0.3 is 9.84 Å². The topological polar surface area (TPSA) is 89.1 Å².